The standard InChI is InChI=1S/C7H3ClN4/c1-2-4-11-5-6(8)9-3-10-7(5)12-4/h1,3H,(H,9,10,11,12). The van der Waals surface area contributed by atoms with Crippen molar-refractivity contribution in [2.75, 3.05) is 0 Å². The van der Waals surface area contributed by atoms with Gasteiger partial charge >= 0.3 is 0 Å². The second kappa shape index (κ2) is 2.47. The Morgan fingerprint density at radius 3 is 3.00 bits per heavy atom. The van der Waals surface area contributed by atoms with Crippen LogP contribution in [0.25, 0.3) is 11.2 Å². The van der Waals surface area contributed by atoms with E-state index in [2.05, 4.69) is 25.9 Å². The number of hydrogen-bond donors (Lipinski definition) is 1. The molecule has 0 saturated carbocycles. The Morgan fingerprint density at radius 2 is 2.33 bits per heavy atom. The van der Waals surface area contributed by atoms with Gasteiger partial charge in [0.05, 0.1) is 0 Å². The van der Waals surface area contributed by atoms with Crippen molar-refractivity contribution in [3.05, 3.63) is 17.3 Å². The van der Waals surface area contributed by atoms with Crippen LogP contribution in [0.5, 0.6) is 0 Å². The molecule has 0 radical (unpaired) electrons. The summed E-state index contributed by atoms with van der Waals surface area (Å²) in [6, 6.07) is 0. The summed E-state index contributed by atoms with van der Waals surface area (Å²) in [5.74, 6) is 2.76. The number of halogens is 1. The van der Waals surface area contributed by atoms with Crippen LogP contribution in [0.2, 0.25) is 5.15 Å². The minimum atomic E-state index is 0.328. The van der Waals surface area contributed by atoms with E-state index >= 15 is 0 Å². The van der Waals surface area contributed by atoms with Gasteiger partial charge in [0.2, 0.25) is 0 Å². The number of rotatable bonds is 0. The fourth-order valence-electron chi connectivity index (χ4n) is 0.868. The van der Waals surface area contributed by atoms with E-state index < -0.39 is 0 Å². The summed E-state index contributed by atoms with van der Waals surface area (Å²) < 4.78 is 0. The largest absolute Gasteiger partial charge is 0.327 e. The summed E-state index contributed by atoms with van der Waals surface area (Å²) >= 11 is 5.74. The van der Waals surface area contributed by atoms with E-state index in [1.165, 1.54) is 6.33 Å². The summed E-state index contributed by atoms with van der Waals surface area (Å²) in [4.78, 5) is 14.4. The van der Waals surface area contributed by atoms with Gasteiger partial charge in [-0.05, 0) is 5.92 Å². The highest BCUT2D eigenvalue weighted by molar-refractivity contribution is 6.33. The molecule has 2 aromatic rings. The third kappa shape index (κ3) is 0.917. The third-order valence-electron chi connectivity index (χ3n) is 1.38. The summed E-state index contributed by atoms with van der Waals surface area (Å²) in [5, 5.41) is 0.328. The number of nitrogens with zero attached hydrogens (tertiary/aromatic N) is 3. The second-order valence-corrected chi connectivity index (χ2v) is 2.45. The molecule has 0 amide bonds. The van der Waals surface area contributed by atoms with E-state index in [1.807, 2.05) is 0 Å². The van der Waals surface area contributed by atoms with E-state index in [-0.39, 0.29) is 0 Å². The van der Waals surface area contributed by atoms with Crippen LogP contribution in [0, 0.1) is 12.3 Å². The Bertz CT molecular complexity index is 468. The lowest BCUT2D eigenvalue weighted by Gasteiger charge is -1.86. The first kappa shape index (κ1) is 7.07. The molecular formula is C7H3ClN4. The number of imidazole rings is 1. The van der Waals surface area contributed by atoms with Crippen LogP contribution in [0.15, 0.2) is 6.33 Å². The Labute approximate surface area is 73.0 Å². The molecule has 2 aromatic heterocycles. The lowest BCUT2D eigenvalue weighted by Crippen LogP contribution is -1.80. The van der Waals surface area contributed by atoms with Crippen LogP contribution in [-0.4, -0.2) is 19.9 Å². The quantitative estimate of drug-likeness (QED) is 0.484. The van der Waals surface area contributed by atoms with Crippen LogP contribution in [-0.2, 0) is 0 Å². The number of hydrogen-bond acceptors (Lipinski definition) is 3. The van der Waals surface area contributed by atoms with E-state index in [9.17, 15) is 0 Å². The number of fused-ring (bicyclic) bond motifs is 1. The smallest absolute Gasteiger partial charge is 0.185 e. The average Bonchev–Trinajstić information content (AvgIpc) is 2.49. The summed E-state index contributed by atoms with van der Waals surface area (Å²) in [5.41, 5.74) is 1.06. The van der Waals surface area contributed by atoms with Gasteiger partial charge in [0.15, 0.2) is 16.6 Å². The van der Waals surface area contributed by atoms with Crippen molar-refractivity contribution < 1.29 is 0 Å². The zero-order valence-corrected chi connectivity index (χ0v) is 6.63. The lowest BCUT2D eigenvalue weighted by atomic mass is 10.6. The molecule has 0 bridgehead atoms. The molecule has 2 rings (SSSR count). The summed E-state index contributed by atoms with van der Waals surface area (Å²) in [6.45, 7) is 0. The molecule has 0 fully saturated rings. The van der Waals surface area contributed by atoms with Crippen molar-refractivity contribution in [2.24, 2.45) is 0 Å². The molecule has 0 aromatic carbocycles. The molecule has 2 heterocycles. The molecular weight excluding hydrogens is 176 g/mol. The lowest BCUT2D eigenvalue weighted by molar-refractivity contribution is 1.20. The Kier molecular flexibility index (Phi) is 1.45. The second-order valence-electron chi connectivity index (χ2n) is 2.09. The van der Waals surface area contributed by atoms with Gasteiger partial charge in [0.25, 0.3) is 0 Å². The van der Waals surface area contributed by atoms with Gasteiger partial charge < -0.3 is 4.98 Å². The molecule has 4 nitrogen and oxygen atoms in total. The molecule has 12 heavy (non-hydrogen) atoms. The highest BCUT2D eigenvalue weighted by Crippen LogP contribution is 2.15. The molecule has 0 atom stereocenters. The predicted molar refractivity (Wildman–Crippen MR) is 44.6 cm³/mol. The van der Waals surface area contributed by atoms with Gasteiger partial charge in [-0.25, -0.2) is 15.0 Å². The van der Waals surface area contributed by atoms with Crippen LogP contribution in [0.4, 0.5) is 0 Å². The van der Waals surface area contributed by atoms with Gasteiger partial charge in [-0.15, -0.1) is 6.42 Å². The molecule has 1 N–H and O–H groups in total. The maximum absolute atomic E-state index is 5.74. The van der Waals surface area contributed by atoms with Crippen LogP contribution < -0.4 is 0 Å². The van der Waals surface area contributed by atoms with E-state index in [0.29, 0.717) is 22.1 Å². The Hall–Kier alpha value is -1.60. The minimum Gasteiger partial charge on any atom is -0.327 e. The number of H-pyrrole nitrogens is 1. The number of nitrogens with one attached hydrogen (secondary N) is 1. The monoisotopic (exact) mass is 178 g/mol. The van der Waals surface area contributed by atoms with E-state index in [0.717, 1.165) is 0 Å². The molecule has 0 aliphatic rings. The first-order valence-corrected chi connectivity index (χ1v) is 3.52. The predicted octanol–water partition coefficient (Wildman–Crippen LogP) is 0.988. The maximum Gasteiger partial charge on any atom is 0.185 e. The zero-order chi connectivity index (χ0) is 8.55. The SMILES string of the molecule is C#Cc1nc2ncnc(Cl)c2[nH]1. The highest BCUT2D eigenvalue weighted by atomic mass is 35.5. The van der Waals surface area contributed by atoms with Crippen LogP contribution in [0.1, 0.15) is 5.82 Å². The van der Waals surface area contributed by atoms with Crippen molar-refractivity contribution in [1.82, 2.24) is 19.9 Å². The number of aromatic amines is 1. The van der Waals surface area contributed by atoms with E-state index in [4.69, 9.17) is 18.0 Å². The molecule has 0 saturated heterocycles. The Balaban J connectivity index is 2.85. The molecule has 0 unspecified atom stereocenters. The van der Waals surface area contributed by atoms with Crippen molar-refractivity contribution in [3.8, 4) is 12.3 Å². The third-order valence-corrected chi connectivity index (χ3v) is 1.67. The van der Waals surface area contributed by atoms with Crippen molar-refractivity contribution in [3.63, 3.8) is 0 Å². The first-order chi connectivity index (χ1) is 5.81. The van der Waals surface area contributed by atoms with Crippen molar-refractivity contribution >= 4 is 22.8 Å². The van der Waals surface area contributed by atoms with Gasteiger partial charge in [0.1, 0.15) is 11.8 Å². The topological polar surface area (TPSA) is 54.5 Å². The number of aromatic nitrogens is 4. The average molecular weight is 179 g/mol. The van der Waals surface area contributed by atoms with Crippen LogP contribution >= 0.6 is 11.6 Å². The number of terminal acetylenes is 1. The van der Waals surface area contributed by atoms with Gasteiger partial charge in [0, 0.05) is 0 Å². The van der Waals surface area contributed by atoms with E-state index in [1.54, 1.807) is 0 Å². The van der Waals surface area contributed by atoms with Crippen molar-refractivity contribution in [1.29, 1.82) is 0 Å². The molecule has 0 spiro atoms. The highest BCUT2D eigenvalue weighted by Gasteiger charge is 2.05. The first-order valence-electron chi connectivity index (χ1n) is 3.14. The summed E-state index contributed by atoms with van der Waals surface area (Å²) in [6.07, 6.45) is 6.47. The molecule has 0 aliphatic carbocycles. The zero-order valence-electron chi connectivity index (χ0n) is 5.87. The maximum atomic E-state index is 5.74. The molecule has 5 heteroatoms. The molecule has 0 aliphatic heterocycles. The van der Waals surface area contributed by atoms with Gasteiger partial charge in [-0.2, -0.15) is 0 Å². The van der Waals surface area contributed by atoms with Gasteiger partial charge in [-0.3, -0.25) is 0 Å². The van der Waals surface area contributed by atoms with Crippen LogP contribution in [0.3, 0.4) is 0 Å². The fraction of sp³-hybridized carbons (Fsp3) is 0. The minimum absolute atomic E-state index is 0.328. The Morgan fingerprint density at radius 1 is 1.50 bits per heavy atom. The van der Waals surface area contributed by atoms with Gasteiger partial charge in [-0.1, -0.05) is 11.6 Å². The fourth-order valence-corrected chi connectivity index (χ4v) is 1.04. The summed E-state index contributed by atoms with van der Waals surface area (Å²) in [7, 11) is 0. The normalized spacial score (nSPS) is 10.0. The van der Waals surface area contributed by atoms with Crippen molar-refractivity contribution in [2.45, 2.75) is 0 Å². The molecule has 58 valence electrons.